The Labute approximate surface area is 144 Å². The van der Waals surface area contributed by atoms with E-state index >= 15 is 0 Å². The number of carbonyl (C=O) groups is 2. The molecule has 5 heteroatoms. The van der Waals surface area contributed by atoms with Gasteiger partial charge >= 0.3 is 0 Å². The second-order valence-corrected chi connectivity index (χ2v) is 6.34. The SMILES string of the molecule is CCOc1cccc([C@H](C)NC(=O)CCC(=O)NC2CCCC2)c1. The molecule has 2 N–H and O–H groups in total. The Bertz CT molecular complexity index is 553. The summed E-state index contributed by atoms with van der Waals surface area (Å²) in [6.45, 7) is 4.48. The maximum absolute atomic E-state index is 12.1. The van der Waals surface area contributed by atoms with E-state index in [-0.39, 0.29) is 30.7 Å². The Morgan fingerprint density at radius 3 is 2.62 bits per heavy atom. The van der Waals surface area contributed by atoms with Crippen LogP contribution < -0.4 is 15.4 Å². The summed E-state index contributed by atoms with van der Waals surface area (Å²) in [5.41, 5.74) is 0.990. The molecule has 0 spiro atoms. The topological polar surface area (TPSA) is 67.4 Å². The van der Waals surface area contributed by atoms with Gasteiger partial charge in [0.25, 0.3) is 0 Å². The van der Waals surface area contributed by atoms with Gasteiger partial charge in [0, 0.05) is 18.9 Å². The van der Waals surface area contributed by atoms with Crippen LogP contribution in [0.25, 0.3) is 0 Å². The molecule has 5 nitrogen and oxygen atoms in total. The molecule has 1 saturated carbocycles. The fourth-order valence-corrected chi connectivity index (χ4v) is 3.03. The predicted molar refractivity (Wildman–Crippen MR) is 93.8 cm³/mol. The van der Waals surface area contributed by atoms with E-state index in [4.69, 9.17) is 4.74 Å². The van der Waals surface area contributed by atoms with Crippen LogP contribution in [0, 0.1) is 0 Å². The van der Waals surface area contributed by atoms with Crippen LogP contribution in [0.3, 0.4) is 0 Å². The van der Waals surface area contributed by atoms with Crippen molar-refractivity contribution < 1.29 is 14.3 Å². The summed E-state index contributed by atoms with van der Waals surface area (Å²) in [5.74, 6) is 0.668. The molecule has 1 aliphatic rings. The van der Waals surface area contributed by atoms with Crippen LogP contribution in [-0.4, -0.2) is 24.5 Å². The molecule has 24 heavy (non-hydrogen) atoms. The molecular formula is C19H28N2O3. The van der Waals surface area contributed by atoms with E-state index in [1.807, 2.05) is 38.1 Å². The van der Waals surface area contributed by atoms with Gasteiger partial charge in [0.15, 0.2) is 0 Å². The van der Waals surface area contributed by atoms with Gasteiger partial charge in [-0.05, 0) is 44.4 Å². The van der Waals surface area contributed by atoms with E-state index in [0.717, 1.165) is 24.2 Å². The van der Waals surface area contributed by atoms with Crippen LogP contribution in [-0.2, 0) is 9.59 Å². The Hall–Kier alpha value is -2.04. The lowest BCUT2D eigenvalue weighted by atomic mass is 10.1. The zero-order valence-corrected chi connectivity index (χ0v) is 14.6. The third kappa shape index (κ3) is 5.87. The number of ether oxygens (including phenoxy) is 1. The summed E-state index contributed by atoms with van der Waals surface area (Å²) < 4.78 is 5.48. The van der Waals surface area contributed by atoms with E-state index in [9.17, 15) is 9.59 Å². The van der Waals surface area contributed by atoms with E-state index in [1.54, 1.807) is 0 Å². The van der Waals surface area contributed by atoms with Gasteiger partial charge in [-0.15, -0.1) is 0 Å². The zero-order valence-electron chi connectivity index (χ0n) is 14.6. The molecule has 0 aliphatic heterocycles. The fourth-order valence-electron chi connectivity index (χ4n) is 3.03. The largest absolute Gasteiger partial charge is 0.494 e. The highest BCUT2D eigenvalue weighted by molar-refractivity contribution is 5.84. The Balaban J connectivity index is 1.74. The molecule has 2 amide bonds. The average molecular weight is 332 g/mol. The first-order valence-corrected chi connectivity index (χ1v) is 8.90. The fraction of sp³-hybridized carbons (Fsp3) is 0.579. The molecule has 1 atom stereocenters. The maximum Gasteiger partial charge on any atom is 0.220 e. The first-order chi connectivity index (χ1) is 11.6. The van der Waals surface area contributed by atoms with Crippen molar-refractivity contribution in [2.24, 2.45) is 0 Å². The third-order valence-corrected chi connectivity index (χ3v) is 4.35. The highest BCUT2D eigenvalue weighted by Crippen LogP contribution is 2.19. The van der Waals surface area contributed by atoms with E-state index in [2.05, 4.69) is 10.6 Å². The minimum Gasteiger partial charge on any atom is -0.494 e. The highest BCUT2D eigenvalue weighted by atomic mass is 16.5. The Morgan fingerprint density at radius 2 is 1.92 bits per heavy atom. The van der Waals surface area contributed by atoms with Crippen molar-refractivity contribution in [3.63, 3.8) is 0 Å². The molecule has 2 rings (SSSR count). The van der Waals surface area contributed by atoms with Gasteiger partial charge in [-0.3, -0.25) is 9.59 Å². The number of amides is 2. The lowest BCUT2D eigenvalue weighted by molar-refractivity contribution is -0.127. The van der Waals surface area contributed by atoms with Crippen molar-refractivity contribution in [2.45, 2.75) is 64.5 Å². The maximum atomic E-state index is 12.1. The minimum absolute atomic E-state index is 0.0250. The number of rotatable bonds is 8. The molecule has 0 radical (unpaired) electrons. The van der Waals surface area contributed by atoms with Crippen molar-refractivity contribution in [3.05, 3.63) is 29.8 Å². The zero-order chi connectivity index (χ0) is 17.4. The standard InChI is InChI=1S/C19H28N2O3/c1-3-24-17-10-6-7-15(13-17)14(2)20-18(22)11-12-19(23)21-16-8-4-5-9-16/h6-7,10,13-14,16H,3-5,8-9,11-12H2,1-2H3,(H,20,22)(H,21,23)/t14-/m0/s1. The molecule has 1 aliphatic carbocycles. The predicted octanol–water partition coefficient (Wildman–Crippen LogP) is 3.10. The second kappa shape index (κ2) is 9.30. The molecule has 0 unspecified atom stereocenters. The van der Waals surface area contributed by atoms with Crippen molar-refractivity contribution in [1.82, 2.24) is 10.6 Å². The van der Waals surface area contributed by atoms with E-state index in [1.165, 1.54) is 12.8 Å². The number of carbonyl (C=O) groups excluding carboxylic acids is 2. The smallest absolute Gasteiger partial charge is 0.220 e. The summed E-state index contributed by atoms with van der Waals surface area (Å²) in [6, 6.07) is 7.89. The summed E-state index contributed by atoms with van der Waals surface area (Å²) >= 11 is 0. The van der Waals surface area contributed by atoms with Crippen molar-refractivity contribution >= 4 is 11.8 Å². The molecule has 1 fully saturated rings. The van der Waals surface area contributed by atoms with Crippen LogP contribution in [0.15, 0.2) is 24.3 Å². The van der Waals surface area contributed by atoms with Gasteiger partial charge in [-0.2, -0.15) is 0 Å². The lowest BCUT2D eigenvalue weighted by Crippen LogP contribution is -2.34. The second-order valence-electron chi connectivity index (χ2n) is 6.34. The normalized spacial score (nSPS) is 15.8. The van der Waals surface area contributed by atoms with Crippen molar-refractivity contribution in [1.29, 1.82) is 0 Å². The van der Waals surface area contributed by atoms with Gasteiger partial charge in [0.1, 0.15) is 5.75 Å². The number of hydrogen-bond donors (Lipinski definition) is 2. The molecular weight excluding hydrogens is 304 g/mol. The van der Waals surface area contributed by atoms with Gasteiger partial charge in [-0.1, -0.05) is 25.0 Å². The number of benzene rings is 1. The molecule has 0 heterocycles. The van der Waals surface area contributed by atoms with E-state index in [0.29, 0.717) is 12.6 Å². The monoisotopic (exact) mass is 332 g/mol. The quantitative estimate of drug-likeness (QED) is 0.769. The van der Waals surface area contributed by atoms with Crippen molar-refractivity contribution in [3.8, 4) is 5.75 Å². The molecule has 1 aromatic rings. The first kappa shape index (κ1) is 18.3. The number of nitrogens with one attached hydrogen (secondary N) is 2. The third-order valence-electron chi connectivity index (χ3n) is 4.35. The van der Waals surface area contributed by atoms with Crippen LogP contribution in [0.5, 0.6) is 5.75 Å². The Morgan fingerprint density at radius 1 is 1.21 bits per heavy atom. The van der Waals surface area contributed by atoms with Crippen molar-refractivity contribution in [2.75, 3.05) is 6.61 Å². The van der Waals surface area contributed by atoms with Crippen LogP contribution >= 0.6 is 0 Å². The summed E-state index contributed by atoms with van der Waals surface area (Å²) in [4.78, 5) is 23.9. The van der Waals surface area contributed by atoms with Crippen LogP contribution in [0.4, 0.5) is 0 Å². The van der Waals surface area contributed by atoms with Gasteiger partial charge in [0.05, 0.1) is 12.6 Å². The summed E-state index contributed by atoms with van der Waals surface area (Å²) in [6.07, 6.45) is 4.95. The molecule has 132 valence electrons. The van der Waals surface area contributed by atoms with Gasteiger partial charge < -0.3 is 15.4 Å². The summed E-state index contributed by atoms with van der Waals surface area (Å²) in [5, 5.41) is 5.95. The van der Waals surface area contributed by atoms with Crippen LogP contribution in [0.2, 0.25) is 0 Å². The minimum atomic E-state index is -0.115. The Kier molecular flexibility index (Phi) is 7.09. The summed E-state index contributed by atoms with van der Waals surface area (Å²) in [7, 11) is 0. The van der Waals surface area contributed by atoms with Gasteiger partial charge in [0.2, 0.25) is 11.8 Å². The van der Waals surface area contributed by atoms with E-state index < -0.39 is 0 Å². The van der Waals surface area contributed by atoms with Crippen LogP contribution in [0.1, 0.15) is 64.0 Å². The highest BCUT2D eigenvalue weighted by Gasteiger charge is 2.18. The first-order valence-electron chi connectivity index (χ1n) is 8.90. The van der Waals surface area contributed by atoms with Gasteiger partial charge in [-0.25, -0.2) is 0 Å². The molecule has 0 bridgehead atoms. The number of hydrogen-bond acceptors (Lipinski definition) is 3. The lowest BCUT2D eigenvalue weighted by Gasteiger charge is -2.16. The molecule has 0 saturated heterocycles. The molecule has 1 aromatic carbocycles. The molecule has 0 aromatic heterocycles. The average Bonchev–Trinajstić information content (AvgIpc) is 3.06.